The van der Waals surface area contributed by atoms with E-state index in [0.29, 0.717) is 40.9 Å². The summed E-state index contributed by atoms with van der Waals surface area (Å²) in [6, 6.07) is 3.66. The van der Waals surface area contributed by atoms with Crippen LogP contribution in [-0.2, 0) is 11.8 Å². The van der Waals surface area contributed by atoms with E-state index in [9.17, 15) is 20.1 Å². The highest BCUT2D eigenvalue weighted by Gasteiger charge is 2.53. The van der Waals surface area contributed by atoms with Gasteiger partial charge in [0, 0.05) is 34.9 Å². The van der Waals surface area contributed by atoms with Gasteiger partial charge in [0.1, 0.15) is 11.9 Å². The molecule has 1 unspecified atom stereocenters. The van der Waals surface area contributed by atoms with Crippen molar-refractivity contribution in [2.45, 2.75) is 49.9 Å². The van der Waals surface area contributed by atoms with Crippen LogP contribution in [0.15, 0.2) is 22.8 Å². The molecule has 0 radical (unpaired) electrons. The van der Waals surface area contributed by atoms with Gasteiger partial charge in [-0.2, -0.15) is 0 Å². The molecular formula is C19H18O5. The lowest BCUT2D eigenvalue weighted by Gasteiger charge is -2.45. The number of fused-ring (bicyclic) bond motifs is 4. The minimum atomic E-state index is -0.977. The van der Waals surface area contributed by atoms with Crippen LogP contribution in [0.1, 0.15) is 75.9 Å². The van der Waals surface area contributed by atoms with Gasteiger partial charge in [0.05, 0.1) is 18.5 Å². The number of aliphatic hydroxyl groups excluding tert-OH is 3. The van der Waals surface area contributed by atoms with Crippen molar-refractivity contribution in [2.24, 2.45) is 0 Å². The van der Waals surface area contributed by atoms with Gasteiger partial charge in [-0.05, 0) is 30.0 Å². The highest BCUT2D eigenvalue weighted by molar-refractivity contribution is 6.01. The van der Waals surface area contributed by atoms with Crippen LogP contribution in [0.2, 0.25) is 0 Å². The zero-order chi connectivity index (χ0) is 16.8. The third-order valence-corrected chi connectivity index (χ3v) is 6.18. The van der Waals surface area contributed by atoms with E-state index in [1.807, 2.05) is 19.1 Å². The van der Waals surface area contributed by atoms with E-state index in [2.05, 4.69) is 0 Å². The number of hydrogen-bond donors (Lipinski definition) is 3. The van der Waals surface area contributed by atoms with Crippen molar-refractivity contribution >= 4 is 5.78 Å². The Morgan fingerprint density at radius 3 is 2.79 bits per heavy atom. The van der Waals surface area contributed by atoms with Crippen LogP contribution in [0.4, 0.5) is 0 Å². The first-order valence-electron chi connectivity index (χ1n) is 8.30. The van der Waals surface area contributed by atoms with E-state index >= 15 is 0 Å². The van der Waals surface area contributed by atoms with Gasteiger partial charge in [-0.3, -0.25) is 4.79 Å². The van der Waals surface area contributed by atoms with Gasteiger partial charge in [0.25, 0.3) is 0 Å². The highest BCUT2D eigenvalue weighted by atomic mass is 16.4. The largest absolute Gasteiger partial charge is 0.465 e. The number of rotatable bonds is 0. The van der Waals surface area contributed by atoms with Gasteiger partial charge in [-0.15, -0.1) is 0 Å². The molecule has 3 N–H and O–H groups in total. The summed E-state index contributed by atoms with van der Waals surface area (Å²) in [6.45, 7) is 1.93. The molecule has 4 atom stereocenters. The molecule has 0 saturated carbocycles. The molecule has 2 aromatic rings. The minimum absolute atomic E-state index is 0.0932. The molecule has 0 saturated heterocycles. The number of furan rings is 1. The fourth-order valence-electron chi connectivity index (χ4n) is 4.91. The fourth-order valence-corrected chi connectivity index (χ4v) is 4.91. The zero-order valence-electron chi connectivity index (χ0n) is 13.2. The first-order chi connectivity index (χ1) is 11.4. The van der Waals surface area contributed by atoms with Gasteiger partial charge in [0.2, 0.25) is 0 Å². The molecule has 0 spiro atoms. The van der Waals surface area contributed by atoms with Crippen LogP contribution >= 0.6 is 0 Å². The maximum atomic E-state index is 12.1. The second kappa shape index (κ2) is 4.36. The van der Waals surface area contributed by atoms with Gasteiger partial charge in [-0.1, -0.05) is 12.1 Å². The molecule has 124 valence electrons. The van der Waals surface area contributed by atoms with Gasteiger partial charge in [0.15, 0.2) is 5.78 Å². The maximum Gasteiger partial charge on any atom is 0.163 e. The van der Waals surface area contributed by atoms with Crippen molar-refractivity contribution < 1.29 is 24.5 Å². The molecule has 24 heavy (non-hydrogen) atoms. The van der Waals surface area contributed by atoms with Crippen LogP contribution in [0.25, 0.3) is 0 Å². The predicted molar refractivity (Wildman–Crippen MR) is 83.9 cm³/mol. The molecule has 0 amide bonds. The Morgan fingerprint density at radius 1 is 1.21 bits per heavy atom. The molecule has 0 aliphatic heterocycles. The number of Topliss-reactive ketones (excluding diaryl/α,β-unsaturated/α-hetero) is 1. The minimum Gasteiger partial charge on any atom is -0.465 e. The lowest BCUT2D eigenvalue weighted by molar-refractivity contribution is 0.0245. The lowest BCUT2D eigenvalue weighted by atomic mass is 9.60. The van der Waals surface area contributed by atoms with Crippen LogP contribution < -0.4 is 0 Å². The molecule has 1 aromatic carbocycles. The first-order valence-corrected chi connectivity index (χ1v) is 8.30. The monoisotopic (exact) mass is 326 g/mol. The molecule has 1 aromatic heterocycles. The molecule has 3 aliphatic rings. The van der Waals surface area contributed by atoms with Crippen molar-refractivity contribution in [3.05, 3.63) is 57.5 Å². The summed E-state index contributed by atoms with van der Waals surface area (Å²) in [5.41, 5.74) is 3.64. The summed E-state index contributed by atoms with van der Waals surface area (Å²) in [6.07, 6.45) is 0.186. The Hall–Kier alpha value is -1.95. The van der Waals surface area contributed by atoms with Crippen LogP contribution in [0.5, 0.6) is 0 Å². The Balaban J connectivity index is 1.87. The molecule has 1 heterocycles. The van der Waals surface area contributed by atoms with Crippen molar-refractivity contribution in [3.8, 4) is 0 Å². The number of hydrogen-bond acceptors (Lipinski definition) is 5. The van der Waals surface area contributed by atoms with Crippen LogP contribution in [0.3, 0.4) is 0 Å². The lowest BCUT2D eigenvalue weighted by Crippen LogP contribution is -2.46. The Morgan fingerprint density at radius 2 is 2.00 bits per heavy atom. The topological polar surface area (TPSA) is 90.9 Å². The van der Waals surface area contributed by atoms with E-state index in [4.69, 9.17) is 4.42 Å². The number of benzene rings is 1. The Kier molecular flexibility index (Phi) is 2.62. The van der Waals surface area contributed by atoms with Crippen LogP contribution in [-0.4, -0.2) is 27.2 Å². The third kappa shape index (κ3) is 1.44. The SMILES string of the molecule is C[C@@]12c3ccc4c(c3C(O)c3occ(c31)[C@@H](O)C[C@H]2O)CCC4=O. The van der Waals surface area contributed by atoms with Crippen molar-refractivity contribution in [1.82, 2.24) is 0 Å². The summed E-state index contributed by atoms with van der Waals surface area (Å²) >= 11 is 0. The van der Waals surface area contributed by atoms with Gasteiger partial charge < -0.3 is 19.7 Å². The molecule has 0 bridgehead atoms. The third-order valence-electron chi connectivity index (χ3n) is 6.18. The smallest absolute Gasteiger partial charge is 0.163 e. The quantitative estimate of drug-likeness (QED) is 0.688. The zero-order valence-corrected chi connectivity index (χ0v) is 13.2. The fraction of sp³-hybridized carbons (Fsp3) is 0.421. The standard InChI is InChI=1S/C19H18O5/c1-19-11-4-2-8-9(3-5-12(8)20)15(11)17(23)18-16(19)10(7-24-18)13(21)6-14(19)22/h2,4,7,13-14,17,21-23H,3,5-6H2,1H3/t13-,14+,17?,19-/m0/s1. The molecule has 3 aliphatic carbocycles. The molecule has 5 heteroatoms. The molecule has 0 fully saturated rings. The second-order valence-corrected chi connectivity index (χ2v) is 7.28. The highest BCUT2D eigenvalue weighted by Crippen LogP contribution is 2.56. The van der Waals surface area contributed by atoms with E-state index in [1.54, 1.807) is 0 Å². The average Bonchev–Trinajstić information content (AvgIpc) is 3.16. The van der Waals surface area contributed by atoms with Gasteiger partial charge >= 0.3 is 0 Å². The average molecular weight is 326 g/mol. The first kappa shape index (κ1) is 14.4. The summed E-state index contributed by atoms with van der Waals surface area (Å²) < 4.78 is 5.62. The summed E-state index contributed by atoms with van der Waals surface area (Å²) in [5.74, 6) is 0.473. The molecular weight excluding hydrogens is 308 g/mol. The Labute approximate surface area is 138 Å². The number of ketones is 1. The van der Waals surface area contributed by atoms with E-state index in [-0.39, 0.29) is 12.2 Å². The van der Waals surface area contributed by atoms with Crippen molar-refractivity contribution in [2.75, 3.05) is 0 Å². The van der Waals surface area contributed by atoms with E-state index in [1.165, 1.54) is 6.26 Å². The second-order valence-electron chi connectivity index (χ2n) is 7.28. The molecule has 5 nitrogen and oxygen atoms in total. The summed E-state index contributed by atoms with van der Waals surface area (Å²) in [7, 11) is 0. The predicted octanol–water partition coefficient (Wildman–Crippen LogP) is 1.91. The van der Waals surface area contributed by atoms with E-state index in [0.717, 1.165) is 11.1 Å². The summed E-state index contributed by atoms with van der Waals surface area (Å²) in [5, 5.41) is 32.0. The van der Waals surface area contributed by atoms with Crippen molar-refractivity contribution in [3.63, 3.8) is 0 Å². The Bertz CT molecular complexity index is 895. The van der Waals surface area contributed by atoms with Crippen molar-refractivity contribution in [1.29, 1.82) is 0 Å². The number of carbonyl (C=O) groups excluding carboxylic acids is 1. The van der Waals surface area contributed by atoms with Crippen LogP contribution in [0, 0.1) is 0 Å². The van der Waals surface area contributed by atoms with E-state index < -0.39 is 23.7 Å². The number of carbonyl (C=O) groups is 1. The number of aliphatic hydroxyl groups is 3. The summed E-state index contributed by atoms with van der Waals surface area (Å²) in [4.78, 5) is 12.1. The molecule has 5 rings (SSSR count). The van der Waals surface area contributed by atoms with Gasteiger partial charge in [-0.25, -0.2) is 0 Å². The maximum absolute atomic E-state index is 12.1. The normalized spacial score (nSPS) is 33.2.